The maximum absolute atomic E-state index is 5.48. The number of aromatic nitrogens is 5. The van der Waals surface area contributed by atoms with Gasteiger partial charge in [0.15, 0.2) is 11.6 Å². The summed E-state index contributed by atoms with van der Waals surface area (Å²) in [6.07, 6.45) is 1.63. The molecule has 0 bridgehead atoms. The van der Waals surface area contributed by atoms with Crippen LogP contribution >= 0.6 is 0 Å². The maximum Gasteiger partial charge on any atom is 0.177 e. The molecule has 0 aromatic carbocycles. The van der Waals surface area contributed by atoms with Crippen LogP contribution in [0, 0.1) is 0 Å². The average Bonchev–Trinajstić information content (AvgIpc) is 2.82. The predicted molar refractivity (Wildman–Crippen MR) is 63.6 cm³/mol. The molecule has 0 radical (unpaired) electrons. The molecule has 2 N–H and O–H groups in total. The van der Waals surface area contributed by atoms with Crippen LogP contribution in [0.25, 0.3) is 5.82 Å². The van der Waals surface area contributed by atoms with Gasteiger partial charge in [-0.15, -0.1) is 10.2 Å². The molecule has 0 unspecified atom stereocenters. The summed E-state index contributed by atoms with van der Waals surface area (Å²) in [6.45, 7) is 4.47. The van der Waals surface area contributed by atoms with E-state index in [0.29, 0.717) is 12.4 Å². The molecular formula is C11H16N6. The Labute approximate surface area is 99.9 Å². The molecule has 2 aromatic rings. The first-order chi connectivity index (χ1) is 8.28. The van der Waals surface area contributed by atoms with Gasteiger partial charge in [0.25, 0.3) is 0 Å². The summed E-state index contributed by atoms with van der Waals surface area (Å²) in [5, 5.41) is 12.5. The van der Waals surface area contributed by atoms with E-state index in [4.69, 9.17) is 5.73 Å². The van der Waals surface area contributed by atoms with Crippen molar-refractivity contribution in [1.29, 1.82) is 0 Å². The molecular weight excluding hydrogens is 216 g/mol. The van der Waals surface area contributed by atoms with Gasteiger partial charge in [-0.25, -0.2) is 4.98 Å². The molecule has 0 aliphatic rings. The third-order valence-corrected chi connectivity index (χ3v) is 2.48. The van der Waals surface area contributed by atoms with Crippen molar-refractivity contribution in [2.45, 2.75) is 33.2 Å². The molecule has 6 heteroatoms. The average molecular weight is 232 g/mol. The predicted octanol–water partition coefficient (Wildman–Crippen LogP) is 0.641. The highest BCUT2D eigenvalue weighted by Gasteiger charge is 2.10. The molecule has 0 saturated carbocycles. The van der Waals surface area contributed by atoms with Gasteiger partial charge in [0, 0.05) is 19.4 Å². The van der Waals surface area contributed by atoms with Crippen molar-refractivity contribution in [3.8, 4) is 5.82 Å². The van der Waals surface area contributed by atoms with Crippen LogP contribution in [0.3, 0.4) is 0 Å². The van der Waals surface area contributed by atoms with Gasteiger partial charge in [0.2, 0.25) is 0 Å². The highest BCUT2D eigenvalue weighted by atomic mass is 15.4. The Morgan fingerprint density at radius 2 is 2.00 bits per heavy atom. The van der Waals surface area contributed by atoms with Gasteiger partial charge in [-0.3, -0.25) is 0 Å². The molecule has 6 nitrogen and oxygen atoms in total. The van der Waals surface area contributed by atoms with Crippen molar-refractivity contribution in [3.63, 3.8) is 0 Å². The smallest absolute Gasteiger partial charge is 0.177 e. The summed E-state index contributed by atoms with van der Waals surface area (Å²) < 4.78 is 1.74. The van der Waals surface area contributed by atoms with Crippen molar-refractivity contribution in [3.05, 3.63) is 29.5 Å². The minimum Gasteiger partial charge on any atom is -0.325 e. The minimum atomic E-state index is 0.394. The standard InChI is InChI=1S/C11H16N6/c1-3-9-13-10(4-2)17(16-9)11-6-5-8(7-12)14-15-11/h5-6H,3-4,7,12H2,1-2H3. The van der Waals surface area contributed by atoms with Gasteiger partial charge >= 0.3 is 0 Å². The lowest BCUT2D eigenvalue weighted by Gasteiger charge is -2.02. The molecule has 0 amide bonds. The molecule has 2 heterocycles. The van der Waals surface area contributed by atoms with Gasteiger partial charge in [-0.2, -0.15) is 9.78 Å². The molecule has 0 spiro atoms. The third kappa shape index (κ3) is 2.31. The van der Waals surface area contributed by atoms with Gasteiger partial charge in [-0.1, -0.05) is 13.8 Å². The van der Waals surface area contributed by atoms with Crippen molar-refractivity contribution >= 4 is 0 Å². The van der Waals surface area contributed by atoms with Crippen LogP contribution in [0.5, 0.6) is 0 Å². The quantitative estimate of drug-likeness (QED) is 0.836. The highest BCUT2D eigenvalue weighted by molar-refractivity contribution is 5.22. The highest BCUT2D eigenvalue weighted by Crippen LogP contribution is 2.08. The Morgan fingerprint density at radius 1 is 1.18 bits per heavy atom. The number of hydrogen-bond acceptors (Lipinski definition) is 5. The fraction of sp³-hybridized carbons (Fsp3) is 0.455. The van der Waals surface area contributed by atoms with E-state index < -0.39 is 0 Å². The van der Waals surface area contributed by atoms with Crippen LogP contribution in [0.4, 0.5) is 0 Å². The Bertz CT molecular complexity index is 487. The second-order valence-corrected chi connectivity index (χ2v) is 3.65. The monoisotopic (exact) mass is 232 g/mol. The molecule has 0 aliphatic heterocycles. The summed E-state index contributed by atoms with van der Waals surface area (Å²) in [7, 11) is 0. The molecule has 2 aromatic heterocycles. The van der Waals surface area contributed by atoms with Crippen LogP contribution in [-0.4, -0.2) is 25.0 Å². The lowest BCUT2D eigenvalue weighted by molar-refractivity contribution is 0.741. The first kappa shape index (κ1) is 11.7. The minimum absolute atomic E-state index is 0.394. The largest absolute Gasteiger partial charge is 0.325 e. The molecule has 0 aliphatic carbocycles. The summed E-state index contributed by atoms with van der Waals surface area (Å²) in [6, 6.07) is 3.72. The number of rotatable bonds is 4. The van der Waals surface area contributed by atoms with E-state index in [9.17, 15) is 0 Å². The molecule has 90 valence electrons. The zero-order chi connectivity index (χ0) is 12.3. The summed E-state index contributed by atoms with van der Waals surface area (Å²) >= 11 is 0. The van der Waals surface area contributed by atoms with Gasteiger partial charge in [-0.05, 0) is 12.1 Å². The first-order valence-electron chi connectivity index (χ1n) is 5.76. The van der Waals surface area contributed by atoms with Gasteiger partial charge < -0.3 is 5.73 Å². The van der Waals surface area contributed by atoms with Gasteiger partial charge in [0.1, 0.15) is 5.82 Å². The maximum atomic E-state index is 5.48. The Kier molecular flexibility index (Phi) is 3.43. The fourth-order valence-electron chi connectivity index (χ4n) is 1.53. The first-order valence-corrected chi connectivity index (χ1v) is 5.76. The van der Waals surface area contributed by atoms with Crippen molar-refractivity contribution in [2.75, 3.05) is 0 Å². The van der Waals surface area contributed by atoms with Gasteiger partial charge in [0.05, 0.1) is 5.69 Å². The van der Waals surface area contributed by atoms with E-state index in [1.807, 2.05) is 26.0 Å². The van der Waals surface area contributed by atoms with E-state index >= 15 is 0 Å². The van der Waals surface area contributed by atoms with E-state index in [1.54, 1.807) is 4.68 Å². The fourth-order valence-corrected chi connectivity index (χ4v) is 1.53. The molecule has 17 heavy (non-hydrogen) atoms. The molecule has 0 saturated heterocycles. The summed E-state index contributed by atoms with van der Waals surface area (Å²) in [4.78, 5) is 4.43. The van der Waals surface area contributed by atoms with Crippen molar-refractivity contribution in [1.82, 2.24) is 25.0 Å². The Morgan fingerprint density at radius 3 is 2.53 bits per heavy atom. The number of aryl methyl sites for hydroxylation is 2. The lowest BCUT2D eigenvalue weighted by Crippen LogP contribution is -2.08. The van der Waals surface area contributed by atoms with E-state index in [2.05, 4.69) is 20.3 Å². The molecule has 0 atom stereocenters. The second-order valence-electron chi connectivity index (χ2n) is 3.65. The number of nitrogens with zero attached hydrogens (tertiary/aromatic N) is 5. The van der Waals surface area contributed by atoms with E-state index in [1.165, 1.54) is 0 Å². The number of hydrogen-bond donors (Lipinski definition) is 1. The second kappa shape index (κ2) is 5.01. The Hall–Kier alpha value is -1.82. The van der Waals surface area contributed by atoms with E-state index in [0.717, 1.165) is 30.2 Å². The number of nitrogens with two attached hydrogens (primary N) is 1. The Balaban J connectivity index is 2.40. The SMILES string of the molecule is CCc1nc(CC)n(-c2ccc(CN)nn2)n1. The van der Waals surface area contributed by atoms with Crippen molar-refractivity contribution < 1.29 is 0 Å². The zero-order valence-electron chi connectivity index (χ0n) is 10.1. The summed E-state index contributed by atoms with van der Waals surface area (Å²) in [5.41, 5.74) is 6.25. The lowest BCUT2D eigenvalue weighted by atomic mass is 10.4. The van der Waals surface area contributed by atoms with Crippen LogP contribution in [0.1, 0.15) is 31.2 Å². The summed E-state index contributed by atoms with van der Waals surface area (Å²) in [5.74, 6) is 2.41. The molecule has 2 rings (SSSR count). The molecule has 0 fully saturated rings. The topological polar surface area (TPSA) is 82.5 Å². The normalized spacial score (nSPS) is 10.8. The van der Waals surface area contributed by atoms with Crippen LogP contribution in [0.15, 0.2) is 12.1 Å². The van der Waals surface area contributed by atoms with Crippen LogP contribution < -0.4 is 5.73 Å². The van der Waals surface area contributed by atoms with E-state index in [-0.39, 0.29) is 0 Å². The zero-order valence-corrected chi connectivity index (χ0v) is 10.1. The van der Waals surface area contributed by atoms with Crippen molar-refractivity contribution in [2.24, 2.45) is 5.73 Å². The van der Waals surface area contributed by atoms with Crippen LogP contribution in [0.2, 0.25) is 0 Å². The van der Waals surface area contributed by atoms with Crippen LogP contribution in [-0.2, 0) is 19.4 Å². The third-order valence-electron chi connectivity index (χ3n) is 2.48.